The highest BCUT2D eigenvalue weighted by Gasteiger charge is 2.18. The van der Waals surface area contributed by atoms with Crippen LogP contribution in [0.5, 0.6) is 0 Å². The molecule has 2 atom stereocenters. The molecule has 1 fully saturated rings. The minimum Gasteiger partial charge on any atom is -0.321 e. The molecule has 88 valence electrons. The van der Waals surface area contributed by atoms with Gasteiger partial charge >= 0.3 is 0 Å². The molecular weight excluding hydrogens is 186 g/mol. The lowest BCUT2D eigenvalue weighted by Gasteiger charge is -2.17. The van der Waals surface area contributed by atoms with Gasteiger partial charge in [-0.25, -0.2) is 0 Å². The van der Waals surface area contributed by atoms with E-state index in [0.29, 0.717) is 5.92 Å². The molecule has 0 saturated heterocycles. The van der Waals surface area contributed by atoms with Crippen molar-refractivity contribution in [1.82, 2.24) is 0 Å². The van der Waals surface area contributed by atoms with Gasteiger partial charge in [0.25, 0.3) is 0 Å². The zero-order valence-corrected chi connectivity index (χ0v) is 10.2. The van der Waals surface area contributed by atoms with E-state index in [0.717, 1.165) is 12.3 Å². The minimum atomic E-state index is -0.242. The second-order valence-electron chi connectivity index (χ2n) is 5.20. The highest BCUT2D eigenvalue weighted by Crippen LogP contribution is 2.29. The third-order valence-electron chi connectivity index (χ3n) is 3.83. The van der Waals surface area contributed by atoms with Crippen molar-refractivity contribution in [3.05, 3.63) is 0 Å². The first-order valence-corrected chi connectivity index (χ1v) is 6.37. The monoisotopic (exact) mass is 211 g/mol. The summed E-state index contributed by atoms with van der Waals surface area (Å²) in [6.45, 7) is 3.69. The van der Waals surface area contributed by atoms with Gasteiger partial charge < -0.3 is 5.73 Å². The van der Waals surface area contributed by atoms with Crippen LogP contribution >= 0.6 is 0 Å². The Morgan fingerprint density at radius 3 is 2.53 bits per heavy atom. The number of Topliss-reactive ketones (excluding diaryl/α,β-unsaturated/α-hetero) is 1. The van der Waals surface area contributed by atoms with Crippen molar-refractivity contribution in [2.75, 3.05) is 0 Å². The topological polar surface area (TPSA) is 43.1 Å². The van der Waals surface area contributed by atoms with E-state index in [1.807, 2.05) is 0 Å². The van der Waals surface area contributed by atoms with E-state index in [9.17, 15) is 4.79 Å². The second-order valence-corrected chi connectivity index (χ2v) is 5.20. The van der Waals surface area contributed by atoms with Crippen molar-refractivity contribution in [1.29, 1.82) is 0 Å². The zero-order valence-electron chi connectivity index (χ0n) is 10.2. The molecule has 2 heteroatoms. The van der Waals surface area contributed by atoms with Crippen molar-refractivity contribution in [2.45, 2.75) is 64.8 Å². The summed E-state index contributed by atoms with van der Waals surface area (Å²) in [6.07, 6.45) is 9.39. The lowest BCUT2D eigenvalue weighted by molar-refractivity contribution is -0.119. The third kappa shape index (κ3) is 4.33. The number of hydrogen-bond acceptors (Lipinski definition) is 2. The van der Waals surface area contributed by atoms with E-state index in [4.69, 9.17) is 5.73 Å². The van der Waals surface area contributed by atoms with E-state index in [-0.39, 0.29) is 11.8 Å². The molecule has 0 heterocycles. The maximum Gasteiger partial charge on any atom is 0.146 e. The summed E-state index contributed by atoms with van der Waals surface area (Å²) < 4.78 is 0. The smallest absolute Gasteiger partial charge is 0.146 e. The SMILES string of the molecule is CC(=O)[C@H](N)[C@@H](C)CCCC1CCCC1. The predicted molar refractivity (Wildman–Crippen MR) is 63.6 cm³/mol. The van der Waals surface area contributed by atoms with Gasteiger partial charge in [0.05, 0.1) is 6.04 Å². The summed E-state index contributed by atoms with van der Waals surface area (Å²) in [4.78, 5) is 11.1. The molecule has 0 aromatic rings. The number of ketones is 1. The van der Waals surface area contributed by atoms with Crippen LogP contribution in [0.4, 0.5) is 0 Å². The Bertz CT molecular complexity index is 197. The Morgan fingerprint density at radius 2 is 2.00 bits per heavy atom. The molecule has 0 radical (unpaired) electrons. The predicted octanol–water partition coefficient (Wildman–Crippen LogP) is 2.90. The standard InChI is InChI=1S/C13H25NO/c1-10(13(14)11(2)15)6-5-9-12-7-3-4-8-12/h10,12-13H,3-9,14H2,1-2H3/t10-,13+/m0/s1. The van der Waals surface area contributed by atoms with Crippen molar-refractivity contribution in [2.24, 2.45) is 17.6 Å². The molecule has 2 N–H and O–H groups in total. The molecule has 0 aromatic heterocycles. The Kier molecular flexibility index (Phi) is 5.30. The summed E-state index contributed by atoms with van der Waals surface area (Å²) >= 11 is 0. The van der Waals surface area contributed by atoms with Gasteiger partial charge in [-0.2, -0.15) is 0 Å². The molecule has 0 amide bonds. The van der Waals surface area contributed by atoms with Crippen LogP contribution in [0.15, 0.2) is 0 Å². The Balaban J connectivity index is 2.10. The van der Waals surface area contributed by atoms with Gasteiger partial charge in [0.2, 0.25) is 0 Å². The Labute approximate surface area is 93.6 Å². The fraction of sp³-hybridized carbons (Fsp3) is 0.923. The molecule has 0 spiro atoms. The van der Waals surface area contributed by atoms with Crippen molar-refractivity contribution in [3.8, 4) is 0 Å². The summed E-state index contributed by atoms with van der Waals surface area (Å²) in [7, 11) is 0. The van der Waals surface area contributed by atoms with Gasteiger partial charge in [0.15, 0.2) is 0 Å². The molecule has 0 unspecified atom stereocenters. The number of carbonyl (C=O) groups excluding carboxylic acids is 1. The minimum absolute atomic E-state index is 0.128. The van der Waals surface area contributed by atoms with Crippen molar-refractivity contribution >= 4 is 5.78 Å². The average Bonchev–Trinajstić information content (AvgIpc) is 2.69. The quantitative estimate of drug-likeness (QED) is 0.734. The van der Waals surface area contributed by atoms with Gasteiger partial charge in [-0.15, -0.1) is 0 Å². The largest absolute Gasteiger partial charge is 0.321 e. The van der Waals surface area contributed by atoms with Crippen LogP contribution in [0.1, 0.15) is 58.8 Å². The molecule has 0 aliphatic heterocycles. The summed E-state index contributed by atoms with van der Waals surface area (Å²) in [5, 5.41) is 0. The van der Waals surface area contributed by atoms with Crippen molar-refractivity contribution in [3.63, 3.8) is 0 Å². The van der Waals surface area contributed by atoms with Crippen LogP contribution in [-0.4, -0.2) is 11.8 Å². The molecule has 1 rings (SSSR count). The number of nitrogens with two attached hydrogens (primary N) is 1. The molecular formula is C13H25NO. The van der Waals surface area contributed by atoms with E-state index in [1.54, 1.807) is 6.92 Å². The van der Waals surface area contributed by atoms with Gasteiger partial charge in [-0.05, 0) is 25.2 Å². The van der Waals surface area contributed by atoms with Crippen LogP contribution in [0.3, 0.4) is 0 Å². The highest BCUT2D eigenvalue weighted by atomic mass is 16.1. The summed E-state index contributed by atoms with van der Waals surface area (Å²) in [5.41, 5.74) is 5.80. The molecule has 15 heavy (non-hydrogen) atoms. The summed E-state index contributed by atoms with van der Waals surface area (Å²) in [5.74, 6) is 1.44. The van der Waals surface area contributed by atoms with Crippen LogP contribution < -0.4 is 5.73 Å². The molecule has 2 nitrogen and oxygen atoms in total. The number of rotatable bonds is 6. The highest BCUT2D eigenvalue weighted by molar-refractivity contribution is 5.81. The maximum atomic E-state index is 11.1. The fourth-order valence-corrected chi connectivity index (χ4v) is 2.61. The van der Waals surface area contributed by atoms with Gasteiger partial charge in [0, 0.05) is 0 Å². The van der Waals surface area contributed by atoms with Gasteiger partial charge in [-0.3, -0.25) is 4.79 Å². The molecule has 0 aromatic carbocycles. The van der Waals surface area contributed by atoms with E-state index < -0.39 is 0 Å². The second kappa shape index (κ2) is 6.26. The normalized spacial score (nSPS) is 21.5. The van der Waals surface area contributed by atoms with Crippen LogP contribution in [0.2, 0.25) is 0 Å². The molecule has 1 aliphatic carbocycles. The van der Waals surface area contributed by atoms with Crippen molar-refractivity contribution < 1.29 is 4.79 Å². The molecule has 0 bridgehead atoms. The first-order chi connectivity index (χ1) is 7.11. The van der Waals surface area contributed by atoms with E-state index in [1.165, 1.54) is 38.5 Å². The first-order valence-electron chi connectivity index (χ1n) is 6.37. The van der Waals surface area contributed by atoms with Crippen LogP contribution in [0, 0.1) is 11.8 Å². The van der Waals surface area contributed by atoms with E-state index in [2.05, 4.69) is 6.92 Å². The van der Waals surface area contributed by atoms with Gasteiger partial charge in [-0.1, -0.05) is 45.4 Å². The van der Waals surface area contributed by atoms with Crippen LogP contribution in [-0.2, 0) is 4.79 Å². The lowest BCUT2D eigenvalue weighted by Crippen LogP contribution is -2.35. The van der Waals surface area contributed by atoms with E-state index >= 15 is 0 Å². The number of hydrogen-bond donors (Lipinski definition) is 1. The zero-order chi connectivity index (χ0) is 11.3. The van der Waals surface area contributed by atoms with Gasteiger partial charge in [0.1, 0.15) is 5.78 Å². The maximum absolute atomic E-state index is 11.1. The first kappa shape index (κ1) is 12.7. The fourth-order valence-electron chi connectivity index (χ4n) is 2.61. The number of carbonyl (C=O) groups is 1. The Hall–Kier alpha value is -0.370. The Morgan fingerprint density at radius 1 is 1.40 bits per heavy atom. The van der Waals surface area contributed by atoms with Crippen LogP contribution in [0.25, 0.3) is 0 Å². The summed E-state index contributed by atoms with van der Waals surface area (Å²) in [6, 6.07) is -0.242. The third-order valence-corrected chi connectivity index (χ3v) is 3.83. The average molecular weight is 211 g/mol. The molecule has 1 aliphatic rings. The lowest BCUT2D eigenvalue weighted by atomic mass is 9.91. The molecule has 1 saturated carbocycles.